The van der Waals surface area contributed by atoms with Crippen LogP contribution < -0.4 is 5.32 Å². The summed E-state index contributed by atoms with van der Waals surface area (Å²) in [5, 5.41) is 3.11. The van der Waals surface area contributed by atoms with Crippen molar-refractivity contribution in [1.29, 1.82) is 0 Å². The molecular formula is C15H16ClFN2O2S. The first kappa shape index (κ1) is 16.7. The van der Waals surface area contributed by atoms with E-state index < -0.39 is 15.8 Å². The maximum atomic E-state index is 13.1. The lowest BCUT2D eigenvalue weighted by molar-refractivity contribution is 0.520. The van der Waals surface area contributed by atoms with Gasteiger partial charge in [-0.2, -0.15) is 0 Å². The zero-order valence-electron chi connectivity index (χ0n) is 12.2. The van der Waals surface area contributed by atoms with Crippen LogP contribution in [-0.2, 0) is 16.6 Å². The van der Waals surface area contributed by atoms with Crippen LogP contribution in [0, 0.1) is 5.82 Å². The van der Waals surface area contributed by atoms with E-state index in [-0.39, 0.29) is 9.92 Å². The first-order chi connectivity index (χ1) is 10.3. The van der Waals surface area contributed by atoms with Gasteiger partial charge in [0.1, 0.15) is 5.82 Å². The normalized spacial score (nSPS) is 11.7. The molecule has 0 heterocycles. The van der Waals surface area contributed by atoms with Gasteiger partial charge in [0.15, 0.2) is 0 Å². The standard InChI is InChI=1S/C15H16ClFN2O2S/c1-19(2)22(20,21)13-5-3-4-11(8-13)10-18-12-6-7-15(17)14(16)9-12/h3-9,18H,10H2,1-2H3. The first-order valence-corrected chi connectivity index (χ1v) is 8.33. The monoisotopic (exact) mass is 342 g/mol. The zero-order chi connectivity index (χ0) is 16.3. The number of sulfonamides is 1. The minimum absolute atomic E-state index is 0.0361. The Morgan fingerprint density at radius 3 is 2.55 bits per heavy atom. The average molecular weight is 343 g/mol. The van der Waals surface area contributed by atoms with E-state index in [1.54, 1.807) is 24.3 Å². The third-order valence-electron chi connectivity index (χ3n) is 3.09. The minimum Gasteiger partial charge on any atom is -0.381 e. The van der Waals surface area contributed by atoms with Crippen LogP contribution in [0.3, 0.4) is 0 Å². The second kappa shape index (κ2) is 6.64. The van der Waals surface area contributed by atoms with Crippen LogP contribution >= 0.6 is 11.6 Å². The maximum absolute atomic E-state index is 13.1. The van der Waals surface area contributed by atoms with Gasteiger partial charge in [0.25, 0.3) is 0 Å². The predicted molar refractivity (Wildman–Crippen MR) is 86.1 cm³/mol. The molecule has 0 spiro atoms. The molecular weight excluding hydrogens is 327 g/mol. The van der Waals surface area contributed by atoms with Crippen molar-refractivity contribution in [2.45, 2.75) is 11.4 Å². The summed E-state index contributed by atoms with van der Waals surface area (Å²) in [5.41, 5.74) is 1.45. The Morgan fingerprint density at radius 1 is 1.18 bits per heavy atom. The molecule has 2 aromatic carbocycles. The summed E-state index contributed by atoms with van der Waals surface area (Å²) >= 11 is 5.72. The summed E-state index contributed by atoms with van der Waals surface area (Å²) in [6.45, 7) is 0.402. The Kier molecular flexibility index (Phi) is 5.05. The van der Waals surface area contributed by atoms with Gasteiger partial charge in [0, 0.05) is 26.3 Å². The smallest absolute Gasteiger partial charge is 0.242 e. The van der Waals surface area contributed by atoms with Crippen molar-refractivity contribution in [2.75, 3.05) is 19.4 Å². The summed E-state index contributed by atoms with van der Waals surface area (Å²) in [5.74, 6) is -0.480. The number of hydrogen-bond acceptors (Lipinski definition) is 3. The molecule has 0 radical (unpaired) electrons. The van der Waals surface area contributed by atoms with Crippen LogP contribution in [-0.4, -0.2) is 26.8 Å². The molecule has 2 aromatic rings. The average Bonchev–Trinajstić information content (AvgIpc) is 2.48. The lowest BCUT2D eigenvalue weighted by Crippen LogP contribution is -2.22. The van der Waals surface area contributed by atoms with Crippen molar-refractivity contribution in [3.8, 4) is 0 Å². The highest BCUT2D eigenvalue weighted by molar-refractivity contribution is 7.89. The number of nitrogens with one attached hydrogen (secondary N) is 1. The van der Waals surface area contributed by atoms with E-state index in [1.807, 2.05) is 6.07 Å². The highest BCUT2D eigenvalue weighted by Gasteiger charge is 2.17. The third-order valence-corrected chi connectivity index (χ3v) is 5.19. The molecule has 0 aromatic heterocycles. The minimum atomic E-state index is -3.46. The van der Waals surface area contributed by atoms with E-state index in [4.69, 9.17) is 11.6 Å². The number of anilines is 1. The molecule has 0 fully saturated rings. The van der Waals surface area contributed by atoms with Gasteiger partial charge in [-0.25, -0.2) is 17.1 Å². The van der Waals surface area contributed by atoms with Crippen LogP contribution in [0.5, 0.6) is 0 Å². The molecule has 0 aliphatic heterocycles. The van der Waals surface area contributed by atoms with Crippen LogP contribution in [0.25, 0.3) is 0 Å². The van der Waals surface area contributed by atoms with Crippen molar-refractivity contribution < 1.29 is 12.8 Å². The first-order valence-electron chi connectivity index (χ1n) is 6.51. The fourth-order valence-electron chi connectivity index (χ4n) is 1.84. The van der Waals surface area contributed by atoms with E-state index in [0.717, 1.165) is 5.56 Å². The molecule has 2 rings (SSSR count). The molecule has 22 heavy (non-hydrogen) atoms. The zero-order valence-corrected chi connectivity index (χ0v) is 13.7. The highest BCUT2D eigenvalue weighted by atomic mass is 35.5. The molecule has 0 unspecified atom stereocenters. The number of benzene rings is 2. The summed E-state index contributed by atoms with van der Waals surface area (Å²) in [7, 11) is -0.486. The van der Waals surface area contributed by atoms with Gasteiger partial charge in [-0.3, -0.25) is 0 Å². The maximum Gasteiger partial charge on any atom is 0.242 e. The van der Waals surface area contributed by atoms with Crippen molar-refractivity contribution in [1.82, 2.24) is 4.31 Å². The quantitative estimate of drug-likeness (QED) is 0.906. The van der Waals surface area contributed by atoms with Crippen molar-refractivity contribution in [2.24, 2.45) is 0 Å². The molecule has 0 aliphatic carbocycles. The third kappa shape index (κ3) is 3.76. The van der Waals surface area contributed by atoms with Gasteiger partial charge in [-0.15, -0.1) is 0 Å². The molecule has 118 valence electrons. The summed E-state index contributed by atoms with van der Waals surface area (Å²) in [4.78, 5) is 0.230. The van der Waals surface area contributed by atoms with Gasteiger partial charge < -0.3 is 5.32 Å². The van der Waals surface area contributed by atoms with Crippen molar-refractivity contribution in [3.05, 3.63) is 58.9 Å². The fraction of sp³-hybridized carbons (Fsp3) is 0.200. The Morgan fingerprint density at radius 2 is 1.91 bits per heavy atom. The van der Waals surface area contributed by atoms with Crippen LogP contribution in [0.15, 0.2) is 47.4 Å². The Hall–Kier alpha value is -1.63. The number of halogens is 2. The van der Waals surface area contributed by atoms with Crippen LogP contribution in [0.4, 0.5) is 10.1 Å². The topological polar surface area (TPSA) is 49.4 Å². The van der Waals surface area contributed by atoms with Gasteiger partial charge >= 0.3 is 0 Å². The lowest BCUT2D eigenvalue weighted by Gasteiger charge is -2.13. The van der Waals surface area contributed by atoms with Gasteiger partial charge in [-0.1, -0.05) is 23.7 Å². The molecule has 0 saturated carbocycles. The number of nitrogens with zero attached hydrogens (tertiary/aromatic N) is 1. The van der Waals surface area contributed by atoms with E-state index in [9.17, 15) is 12.8 Å². The molecule has 0 bridgehead atoms. The van der Waals surface area contributed by atoms with Crippen LogP contribution in [0.1, 0.15) is 5.56 Å². The summed E-state index contributed by atoms with van der Waals surface area (Å²) < 4.78 is 38.4. The van der Waals surface area contributed by atoms with Gasteiger partial charge in [-0.05, 0) is 35.9 Å². The number of rotatable bonds is 5. The van der Waals surface area contributed by atoms with Crippen LogP contribution in [0.2, 0.25) is 5.02 Å². The molecule has 4 nitrogen and oxygen atoms in total. The Labute approximate surface area is 134 Å². The van der Waals surface area contributed by atoms with E-state index in [1.165, 1.54) is 30.5 Å². The molecule has 7 heteroatoms. The highest BCUT2D eigenvalue weighted by Crippen LogP contribution is 2.20. The second-order valence-corrected chi connectivity index (χ2v) is 7.48. The van der Waals surface area contributed by atoms with E-state index in [2.05, 4.69) is 5.32 Å². The Bertz CT molecular complexity index is 779. The molecule has 0 aliphatic rings. The summed E-state index contributed by atoms with van der Waals surface area (Å²) in [6.07, 6.45) is 0. The van der Waals surface area contributed by atoms with E-state index in [0.29, 0.717) is 12.2 Å². The van der Waals surface area contributed by atoms with Gasteiger partial charge in [0.05, 0.1) is 9.92 Å². The molecule has 0 saturated heterocycles. The molecule has 0 amide bonds. The predicted octanol–water partition coefficient (Wildman–Crippen LogP) is 3.34. The van der Waals surface area contributed by atoms with Crippen molar-refractivity contribution >= 4 is 27.3 Å². The fourth-order valence-corrected chi connectivity index (χ4v) is 2.99. The van der Waals surface area contributed by atoms with E-state index >= 15 is 0 Å². The largest absolute Gasteiger partial charge is 0.381 e. The Balaban J connectivity index is 2.16. The second-order valence-electron chi connectivity index (χ2n) is 4.92. The lowest BCUT2D eigenvalue weighted by atomic mass is 10.2. The van der Waals surface area contributed by atoms with Gasteiger partial charge in [0.2, 0.25) is 10.0 Å². The molecule has 0 atom stereocenters. The summed E-state index contributed by atoms with van der Waals surface area (Å²) in [6, 6.07) is 11.0. The SMILES string of the molecule is CN(C)S(=O)(=O)c1cccc(CNc2ccc(F)c(Cl)c2)c1. The number of hydrogen-bond donors (Lipinski definition) is 1. The van der Waals surface area contributed by atoms with Crippen molar-refractivity contribution in [3.63, 3.8) is 0 Å². The molecule has 1 N–H and O–H groups in total.